The number of ether oxygens (including phenoxy) is 1. The Hall–Kier alpha value is -3.97. The highest BCUT2D eigenvalue weighted by Crippen LogP contribution is 2.28. The molecule has 35 heavy (non-hydrogen) atoms. The summed E-state index contributed by atoms with van der Waals surface area (Å²) in [5.41, 5.74) is 3.49. The molecule has 0 radical (unpaired) electrons. The molecule has 1 unspecified atom stereocenters. The minimum absolute atomic E-state index is 0.266. The van der Waals surface area contributed by atoms with Crippen molar-refractivity contribution in [3.05, 3.63) is 107 Å². The van der Waals surface area contributed by atoms with Gasteiger partial charge < -0.3 is 15.4 Å². The summed E-state index contributed by atoms with van der Waals surface area (Å²) in [6.45, 7) is 4.42. The van der Waals surface area contributed by atoms with E-state index in [2.05, 4.69) is 10.6 Å². The first-order valence-electron chi connectivity index (χ1n) is 11.5. The number of aryl methyl sites for hydroxylation is 1. The summed E-state index contributed by atoms with van der Waals surface area (Å²) in [5, 5.41) is 5.55. The van der Waals surface area contributed by atoms with Gasteiger partial charge in [0.05, 0.1) is 13.2 Å². The third-order valence-corrected chi connectivity index (χ3v) is 6.17. The van der Waals surface area contributed by atoms with Gasteiger partial charge in [-0.05, 0) is 36.1 Å². The molecule has 4 rings (SSSR count). The summed E-state index contributed by atoms with van der Waals surface area (Å²) in [6, 6.07) is 24.4. The number of nitrogens with zero attached hydrogens (tertiary/aromatic N) is 1. The Balaban J connectivity index is 1.33. The maximum Gasteiger partial charge on any atom is 0.325 e. The molecule has 0 aromatic heterocycles. The fourth-order valence-corrected chi connectivity index (χ4v) is 4.04. The number of carbonyl (C=O) groups excluding carboxylic acids is 3. The fraction of sp³-hybridized carbons (Fsp3) is 0.250. The molecule has 0 saturated carbocycles. The highest BCUT2D eigenvalue weighted by Gasteiger charge is 2.49. The molecule has 7 heteroatoms. The largest absolute Gasteiger partial charge is 0.372 e. The number of amides is 4. The zero-order valence-electron chi connectivity index (χ0n) is 19.9. The van der Waals surface area contributed by atoms with Crippen LogP contribution in [0.2, 0.25) is 0 Å². The third kappa shape index (κ3) is 5.58. The molecule has 0 spiro atoms. The van der Waals surface area contributed by atoms with Gasteiger partial charge in [0.15, 0.2) is 0 Å². The highest BCUT2D eigenvalue weighted by molar-refractivity contribution is 6.09. The Bertz CT molecular complexity index is 1210. The van der Waals surface area contributed by atoms with Crippen molar-refractivity contribution >= 4 is 17.8 Å². The van der Waals surface area contributed by atoms with Gasteiger partial charge in [0, 0.05) is 6.54 Å². The van der Waals surface area contributed by atoms with E-state index in [0.717, 1.165) is 27.2 Å². The van der Waals surface area contributed by atoms with Crippen LogP contribution in [0.1, 0.15) is 34.7 Å². The second-order valence-electron chi connectivity index (χ2n) is 8.84. The minimum Gasteiger partial charge on any atom is -0.372 e. The van der Waals surface area contributed by atoms with Gasteiger partial charge in [-0.1, -0.05) is 84.4 Å². The van der Waals surface area contributed by atoms with E-state index in [1.165, 1.54) is 0 Å². The number of imide groups is 1. The van der Waals surface area contributed by atoms with Gasteiger partial charge in [0.1, 0.15) is 12.1 Å². The van der Waals surface area contributed by atoms with Gasteiger partial charge >= 0.3 is 6.03 Å². The summed E-state index contributed by atoms with van der Waals surface area (Å²) < 4.78 is 5.84. The van der Waals surface area contributed by atoms with Gasteiger partial charge in [-0.2, -0.15) is 0 Å². The summed E-state index contributed by atoms with van der Waals surface area (Å²) >= 11 is 0. The van der Waals surface area contributed by atoms with Crippen LogP contribution in [0.3, 0.4) is 0 Å². The summed E-state index contributed by atoms with van der Waals surface area (Å²) in [6.07, 6.45) is 0. The van der Waals surface area contributed by atoms with Gasteiger partial charge in [0.2, 0.25) is 5.91 Å². The first-order chi connectivity index (χ1) is 16.9. The molecule has 0 aliphatic carbocycles. The predicted octanol–water partition coefficient (Wildman–Crippen LogP) is 3.80. The minimum atomic E-state index is -1.20. The van der Waals surface area contributed by atoms with E-state index >= 15 is 0 Å². The maximum absolute atomic E-state index is 13.1. The van der Waals surface area contributed by atoms with E-state index in [9.17, 15) is 14.4 Å². The predicted molar refractivity (Wildman–Crippen MR) is 132 cm³/mol. The lowest BCUT2D eigenvalue weighted by atomic mass is 9.91. The van der Waals surface area contributed by atoms with Crippen molar-refractivity contribution in [2.45, 2.75) is 39.1 Å². The zero-order chi connectivity index (χ0) is 24.8. The molecule has 1 aliphatic heterocycles. The maximum atomic E-state index is 13.1. The normalized spacial score (nSPS) is 17.4. The van der Waals surface area contributed by atoms with Gasteiger partial charge in [-0.25, -0.2) is 4.79 Å². The van der Waals surface area contributed by atoms with Gasteiger partial charge in [0.25, 0.3) is 5.91 Å². The second kappa shape index (κ2) is 10.5. The molecule has 1 fully saturated rings. The number of hydrogen-bond donors (Lipinski definition) is 2. The molecule has 7 nitrogen and oxygen atoms in total. The Morgan fingerprint density at radius 2 is 1.57 bits per heavy atom. The van der Waals surface area contributed by atoms with Crippen molar-refractivity contribution in [1.82, 2.24) is 15.5 Å². The lowest BCUT2D eigenvalue weighted by Gasteiger charge is -2.22. The number of rotatable bonds is 9. The van der Waals surface area contributed by atoms with Crippen LogP contribution in [0.5, 0.6) is 0 Å². The summed E-state index contributed by atoms with van der Waals surface area (Å²) in [4.78, 5) is 39.2. The van der Waals surface area contributed by atoms with Crippen LogP contribution in [-0.4, -0.2) is 29.3 Å². The van der Waals surface area contributed by atoms with E-state index in [0.29, 0.717) is 18.8 Å². The van der Waals surface area contributed by atoms with Crippen LogP contribution in [0.25, 0.3) is 0 Å². The lowest BCUT2D eigenvalue weighted by Crippen LogP contribution is -2.43. The molecule has 2 N–H and O–H groups in total. The first kappa shape index (κ1) is 24.2. The van der Waals surface area contributed by atoms with Gasteiger partial charge in [-0.15, -0.1) is 0 Å². The van der Waals surface area contributed by atoms with Crippen molar-refractivity contribution < 1.29 is 19.1 Å². The highest BCUT2D eigenvalue weighted by atomic mass is 16.5. The molecule has 3 aromatic rings. The molecule has 1 heterocycles. The van der Waals surface area contributed by atoms with E-state index in [4.69, 9.17) is 4.74 Å². The first-order valence-corrected chi connectivity index (χ1v) is 11.5. The standard InChI is InChI=1S/C28H29N3O4/c1-20-12-14-24(15-13-20)28(2)26(33)31(27(34)30-28)17-25(32)29-16-22-10-6-7-11-23(22)19-35-18-21-8-4-3-5-9-21/h3-15H,16-19H2,1-2H3,(H,29,32)(H,30,34). The molecule has 4 amide bonds. The van der Waals surface area contributed by atoms with Crippen LogP contribution >= 0.6 is 0 Å². The van der Waals surface area contributed by atoms with E-state index in [-0.39, 0.29) is 13.1 Å². The van der Waals surface area contributed by atoms with Crippen molar-refractivity contribution in [2.75, 3.05) is 6.54 Å². The lowest BCUT2D eigenvalue weighted by molar-refractivity contribution is -0.134. The van der Waals surface area contributed by atoms with Crippen molar-refractivity contribution in [3.8, 4) is 0 Å². The third-order valence-electron chi connectivity index (χ3n) is 6.17. The Labute approximate surface area is 205 Å². The SMILES string of the molecule is Cc1ccc(C2(C)NC(=O)N(CC(=O)NCc3ccccc3COCc3ccccc3)C2=O)cc1. The number of nitrogens with one attached hydrogen (secondary N) is 2. The number of hydrogen-bond acceptors (Lipinski definition) is 4. The fourth-order valence-electron chi connectivity index (χ4n) is 4.04. The topological polar surface area (TPSA) is 87.7 Å². The quantitative estimate of drug-likeness (QED) is 0.465. The Morgan fingerprint density at radius 1 is 0.914 bits per heavy atom. The van der Waals surface area contributed by atoms with Crippen molar-refractivity contribution in [3.63, 3.8) is 0 Å². The van der Waals surface area contributed by atoms with Crippen molar-refractivity contribution in [1.29, 1.82) is 0 Å². The monoisotopic (exact) mass is 471 g/mol. The van der Waals surface area contributed by atoms with Crippen LogP contribution in [0.4, 0.5) is 4.79 Å². The second-order valence-corrected chi connectivity index (χ2v) is 8.84. The van der Waals surface area contributed by atoms with Crippen LogP contribution in [0, 0.1) is 6.92 Å². The smallest absolute Gasteiger partial charge is 0.325 e. The average Bonchev–Trinajstić information content (AvgIpc) is 3.08. The Morgan fingerprint density at radius 3 is 2.29 bits per heavy atom. The van der Waals surface area contributed by atoms with Crippen LogP contribution < -0.4 is 10.6 Å². The van der Waals surface area contributed by atoms with E-state index in [1.807, 2.05) is 85.8 Å². The number of carbonyl (C=O) groups is 3. The Kier molecular flexibility index (Phi) is 7.27. The summed E-state index contributed by atoms with van der Waals surface area (Å²) in [5.74, 6) is -0.863. The van der Waals surface area contributed by atoms with Gasteiger partial charge in [-0.3, -0.25) is 14.5 Å². The van der Waals surface area contributed by atoms with Crippen LogP contribution in [0.15, 0.2) is 78.9 Å². The van der Waals surface area contributed by atoms with Crippen molar-refractivity contribution in [2.24, 2.45) is 0 Å². The summed E-state index contributed by atoms with van der Waals surface area (Å²) in [7, 11) is 0. The van der Waals surface area contributed by atoms with E-state index in [1.54, 1.807) is 6.92 Å². The molecule has 0 bridgehead atoms. The molecule has 1 saturated heterocycles. The molecule has 1 atom stereocenters. The number of benzene rings is 3. The number of urea groups is 1. The molecule has 1 aliphatic rings. The molecular formula is C28H29N3O4. The molecule has 180 valence electrons. The zero-order valence-corrected chi connectivity index (χ0v) is 19.9. The molecule has 3 aromatic carbocycles. The van der Waals surface area contributed by atoms with Crippen LogP contribution in [-0.2, 0) is 39.6 Å². The average molecular weight is 472 g/mol. The van der Waals surface area contributed by atoms with E-state index < -0.39 is 23.4 Å². The molecular weight excluding hydrogens is 442 g/mol.